The van der Waals surface area contributed by atoms with Crippen LogP contribution in [0.15, 0.2) is 24.5 Å². The molecule has 0 unspecified atom stereocenters. The molecule has 2 rings (SSSR count). The lowest BCUT2D eigenvalue weighted by molar-refractivity contribution is 0.101. The maximum absolute atomic E-state index is 11.2. The zero-order chi connectivity index (χ0) is 12.4. The van der Waals surface area contributed by atoms with Crippen LogP contribution >= 0.6 is 11.6 Å². The number of Topliss-reactive ketones (excluding diaryl/α,β-unsaturated/α-hetero) is 1. The monoisotopic (exact) mass is 251 g/mol. The van der Waals surface area contributed by atoms with Crippen molar-refractivity contribution in [3.05, 3.63) is 35.1 Å². The van der Waals surface area contributed by atoms with Crippen molar-refractivity contribution in [3.63, 3.8) is 0 Å². The quantitative estimate of drug-likeness (QED) is 0.787. The van der Waals surface area contributed by atoms with Crippen molar-refractivity contribution in [2.45, 2.75) is 6.92 Å². The number of ether oxygens (including phenoxy) is 1. The molecule has 0 fully saturated rings. The minimum Gasteiger partial charge on any atom is -0.423 e. The molecule has 0 aliphatic carbocycles. The van der Waals surface area contributed by atoms with Crippen molar-refractivity contribution in [2.24, 2.45) is 7.05 Å². The topological polar surface area (TPSA) is 57.0 Å². The van der Waals surface area contributed by atoms with Gasteiger partial charge in [-0.25, -0.2) is 0 Å². The molecule has 0 aliphatic heterocycles. The summed E-state index contributed by atoms with van der Waals surface area (Å²) in [6.45, 7) is 1.46. The molecular weight excluding hydrogens is 242 g/mol. The molecule has 0 atom stereocenters. The van der Waals surface area contributed by atoms with Crippen molar-refractivity contribution in [1.82, 2.24) is 14.8 Å². The summed E-state index contributed by atoms with van der Waals surface area (Å²) in [5.41, 5.74) is 0.466. The lowest BCUT2D eigenvalue weighted by Gasteiger charge is -2.04. The van der Waals surface area contributed by atoms with Crippen LogP contribution in [0.4, 0.5) is 0 Å². The highest BCUT2D eigenvalue weighted by molar-refractivity contribution is 6.34. The van der Waals surface area contributed by atoms with Gasteiger partial charge in [0.2, 0.25) is 0 Å². The van der Waals surface area contributed by atoms with Crippen LogP contribution in [-0.2, 0) is 7.05 Å². The van der Waals surface area contributed by atoms with Crippen molar-refractivity contribution in [2.75, 3.05) is 0 Å². The molecule has 88 valence electrons. The highest BCUT2D eigenvalue weighted by Crippen LogP contribution is 2.25. The molecular formula is C11H10ClN3O2. The average molecular weight is 252 g/mol. The Hall–Kier alpha value is -1.88. The fourth-order valence-corrected chi connectivity index (χ4v) is 1.62. The summed E-state index contributed by atoms with van der Waals surface area (Å²) in [5, 5.41) is 4.32. The van der Waals surface area contributed by atoms with Gasteiger partial charge in [0, 0.05) is 18.7 Å². The van der Waals surface area contributed by atoms with E-state index in [9.17, 15) is 4.79 Å². The van der Waals surface area contributed by atoms with Crippen molar-refractivity contribution < 1.29 is 9.53 Å². The van der Waals surface area contributed by atoms with Gasteiger partial charge in [-0.1, -0.05) is 11.6 Å². The summed E-state index contributed by atoms with van der Waals surface area (Å²) in [4.78, 5) is 15.1. The normalized spacial score (nSPS) is 10.3. The van der Waals surface area contributed by atoms with Gasteiger partial charge in [-0.05, 0) is 19.1 Å². The maximum atomic E-state index is 11.2. The van der Waals surface area contributed by atoms with E-state index < -0.39 is 0 Å². The van der Waals surface area contributed by atoms with Gasteiger partial charge < -0.3 is 4.74 Å². The number of aryl methyl sites for hydroxylation is 1. The minimum absolute atomic E-state index is 0.0856. The van der Waals surface area contributed by atoms with Gasteiger partial charge in [0.1, 0.15) is 12.1 Å². The number of benzene rings is 1. The molecule has 0 aliphatic rings. The second-order valence-corrected chi connectivity index (χ2v) is 3.91. The number of hydrogen-bond donors (Lipinski definition) is 0. The summed E-state index contributed by atoms with van der Waals surface area (Å²) >= 11 is 5.95. The Morgan fingerprint density at radius 1 is 1.47 bits per heavy atom. The van der Waals surface area contributed by atoms with Crippen LogP contribution in [0.25, 0.3) is 0 Å². The molecule has 0 bridgehead atoms. The Bertz CT molecular complexity index is 566. The molecule has 0 N–H and O–H groups in total. The molecule has 0 saturated heterocycles. The Kier molecular flexibility index (Phi) is 3.10. The zero-order valence-corrected chi connectivity index (χ0v) is 10.1. The van der Waals surface area contributed by atoms with Crippen molar-refractivity contribution >= 4 is 17.4 Å². The summed E-state index contributed by atoms with van der Waals surface area (Å²) in [6.07, 6.45) is 1.53. The molecule has 1 aromatic heterocycles. The standard InChI is InChI=1S/C11H10ClN3O2/c1-7(16)9-4-3-8(5-10(9)12)17-11-13-6-15(2)14-11/h3-6H,1-2H3. The molecule has 1 heterocycles. The molecule has 0 amide bonds. The number of ketones is 1. The second-order valence-electron chi connectivity index (χ2n) is 3.50. The van der Waals surface area contributed by atoms with E-state index in [1.807, 2.05) is 0 Å². The predicted octanol–water partition coefficient (Wildman–Crippen LogP) is 2.46. The molecule has 1 aromatic carbocycles. The lowest BCUT2D eigenvalue weighted by atomic mass is 10.1. The fourth-order valence-electron chi connectivity index (χ4n) is 1.32. The Labute approximate surface area is 103 Å². The first-order chi connectivity index (χ1) is 8.06. The molecule has 0 spiro atoms. The van der Waals surface area contributed by atoms with E-state index in [1.54, 1.807) is 25.2 Å². The van der Waals surface area contributed by atoms with Crippen LogP contribution < -0.4 is 4.74 Å². The first kappa shape index (κ1) is 11.6. The molecule has 5 nitrogen and oxygen atoms in total. The van der Waals surface area contributed by atoms with Gasteiger partial charge in [-0.15, -0.1) is 5.10 Å². The summed E-state index contributed by atoms with van der Waals surface area (Å²) in [5.74, 6) is 0.406. The summed E-state index contributed by atoms with van der Waals surface area (Å²) in [6, 6.07) is 5.07. The van der Waals surface area contributed by atoms with Crippen molar-refractivity contribution in [3.8, 4) is 11.8 Å². The molecule has 17 heavy (non-hydrogen) atoms. The zero-order valence-electron chi connectivity index (χ0n) is 9.35. The molecule has 0 saturated carbocycles. The number of hydrogen-bond acceptors (Lipinski definition) is 4. The predicted molar refractivity (Wildman–Crippen MR) is 62.5 cm³/mol. The summed E-state index contributed by atoms with van der Waals surface area (Å²) < 4.78 is 6.90. The first-order valence-corrected chi connectivity index (χ1v) is 5.28. The van der Waals surface area contributed by atoms with Crippen LogP contribution in [0.2, 0.25) is 5.02 Å². The maximum Gasteiger partial charge on any atom is 0.340 e. The number of carbonyl (C=O) groups excluding carboxylic acids is 1. The van der Waals surface area contributed by atoms with E-state index in [0.717, 1.165) is 0 Å². The molecule has 2 aromatic rings. The molecule has 0 radical (unpaired) electrons. The van der Waals surface area contributed by atoms with Crippen LogP contribution in [0.3, 0.4) is 0 Å². The van der Waals surface area contributed by atoms with E-state index in [4.69, 9.17) is 16.3 Å². The minimum atomic E-state index is -0.0856. The van der Waals surface area contributed by atoms with Gasteiger partial charge in [0.05, 0.1) is 5.02 Å². The number of aromatic nitrogens is 3. The Morgan fingerprint density at radius 2 is 2.24 bits per heavy atom. The third-order valence-corrected chi connectivity index (χ3v) is 2.42. The van der Waals surface area contributed by atoms with Gasteiger partial charge >= 0.3 is 6.01 Å². The van der Waals surface area contributed by atoms with E-state index >= 15 is 0 Å². The first-order valence-electron chi connectivity index (χ1n) is 4.90. The molecule has 6 heteroatoms. The van der Waals surface area contributed by atoms with Crippen LogP contribution in [0.1, 0.15) is 17.3 Å². The van der Waals surface area contributed by atoms with Gasteiger partial charge in [0.25, 0.3) is 0 Å². The van der Waals surface area contributed by atoms with Crippen molar-refractivity contribution in [1.29, 1.82) is 0 Å². The Morgan fingerprint density at radius 3 is 2.76 bits per heavy atom. The average Bonchev–Trinajstić information content (AvgIpc) is 2.63. The van der Waals surface area contributed by atoms with Crippen LogP contribution in [0, 0.1) is 0 Å². The van der Waals surface area contributed by atoms with Gasteiger partial charge in [0.15, 0.2) is 5.78 Å². The number of halogens is 1. The highest BCUT2D eigenvalue weighted by Gasteiger charge is 2.08. The van der Waals surface area contributed by atoms with Crippen LogP contribution in [0.5, 0.6) is 11.8 Å². The van der Waals surface area contributed by atoms with Gasteiger partial charge in [-0.2, -0.15) is 4.98 Å². The number of nitrogens with zero attached hydrogens (tertiary/aromatic N) is 3. The largest absolute Gasteiger partial charge is 0.423 e. The number of carbonyl (C=O) groups is 1. The number of rotatable bonds is 3. The SMILES string of the molecule is CC(=O)c1ccc(Oc2ncn(C)n2)cc1Cl. The van der Waals surface area contributed by atoms with E-state index in [1.165, 1.54) is 17.9 Å². The Balaban J connectivity index is 2.23. The lowest BCUT2D eigenvalue weighted by Crippen LogP contribution is -1.94. The second kappa shape index (κ2) is 4.55. The van der Waals surface area contributed by atoms with E-state index in [2.05, 4.69) is 10.1 Å². The van der Waals surface area contributed by atoms with Gasteiger partial charge in [-0.3, -0.25) is 9.48 Å². The van der Waals surface area contributed by atoms with E-state index in [-0.39, 0.29) is 11.8 Å². The third-order valence-electron chi connectivity index (χ3n) is 2.11. The smallest absolute Gasteiger partial charge is 0.340 e. The highest BCUT2D eigenvalue weighted by atomic mass is 35.5. The summed E-state index contributed by atoms with van der Waals surface area (Å²) in [7, 11) is 1.74. The van der Waals surface area contributed by atoms with Crippen LogP contribution in [-0.4, -0.2) is 20.5 Å². The fraction of sp³-hybridized carbons (Fsp3) is 0.182. The third kappa shape index (κ3) is 2.62. The van der Waals surface area contributed by atoms with E-state index in [0.29, 0.717) is 16.3 Å².